The van der Waals surface area contributed by atoms with Crippen LogP contribution in [-0.4, -0.2) is 9.97 Å². The third kappa shape index (κ3) is 6.58. The second-order valence-electron chi connectivity index (χ2n) is 15.0. The van der Waals surface area contributed by atoms with Crippen molar-refractivity contribution in [3.8, 4) is 78.4 Å². The molecule has 2 aromatic heterocycles. The van der Waals surface area contributed by atoms with Gasteiger partial charge in [-0.2, -0.15) is 0 Å². The smallest absolute Gasteiger partial charge is 0.160 e. The first-order valence-corrected chi connectivity index (χ1v) is 20.8. The summed E-state index contributed by atoms with van der Waals surface area (Å²) in [4.78, 5) is 10.6. The number of nitrogens with zero attached hydrogens (tertiary/aromatic N) is 2. The molecule has 0 radical (unpaired) electrons. The van der Waals surface area contributed by atoms with Gasteiger partial charge < -0.3 is 0 Å². The fourth-order valence-electron chi connectivity index (χ4n) is 8.36. The lowest BCUT2D eigenvalue weighted by Gasteiger charge is -2.15. The van der Waals surface area contributed by atoms with E-state index in [1.165, 1.54) is 53.2 Å². The van der Waals surface area contributed by atoms with E-state index in [9.17, 15) is 0 Å². The second kappa shape index (κ2) is 14.8. The molecule has 59 heavy (non-hydrogen) atoms. The molecule has 0 saturated heterocycles. The predicted octanol–water partition coefficient (Wildman–Crippen LogP) is 15.7. The van der Waals surface area contributed by atoms with Crippen LogP contribution in [0.25, 0.3) is 109 Å². The highest BCUT2D eigenvalue weighted by Crippen LogP contribution is 2.43. The SMILES string of the molecule is c1ccc(-c2cccc(-c3cccc(-c4cc(-c5cc(-c6cccc7ccccc67)cc(-c6cccc7c6sc6ccccc67)c5)nc(-c5ccccc5)n4)c3)c2)cc1. The Hall–Kier alpha value is -7.46. The van der Waals surface area contributed by atoms with Crippen molar-refractivity contribution >= 4 is 42.3 Å². The molecular weight excluding hydrogens is 733 g/mol. The normalized spacial score (nSPS) is 11.4. The highest BCUT2D eigenvalue weighted by Gasteiger charge is 2.17. The molecule has 2 nitrogen and oxygen atoms in total. The molecule has 0 N–H and O–H groups in total. The topological polar surface area (TPSA) is 25.8 Å². The van der Waals surface area contributed by atoms with E-state index in [4.69, 9.17) is 9.97 Å². The van der Waals surface area contributed by atoms with Crippen molar-refractivity contribution in [1.82, 2.24) is 9.97 Å². The van der Waals surface area contributed by atoms with Gasteiger partial charge in [0.1, 0.15) is 0 Å². The van der Waals surface area contributed by atoms with Gasteiger partial charge in [-0.1, -0.05) is 176 Å². The molecule has 0 bridgehead atoms. The van der Waals surface area contributed by atoms with Crippen LogP contribution in [0, 0.1) is 0 Å². The minimum atomic E-state index is 0.693. The van der Waals surface area contributed by atoms with Crippen LogP contribution in [0.1, 0.15) is 0 Å². The van der Waals surface area contributed by atoms with Crippen LogP contribution in [0.5, 0.6) is 0 Å². The Bertz CT molecular complexity index is 3320. The zero-order chi connectivity index (χ0) is 39.1. The largest absolute Gasteiger partial charge is 0.228 e. The van der Waals surface area contributed by atoms with E-state index in [1.807, 2.05) is 17.4 Å². The average molecular weight is 769 g/mol. The first-order valence-electron chi connectivity index (χ1n) is 20.0. The van der Waals surface area contributed by atoms with E-state index in [-0.39, 0.29) is 0 Å². The number of benzene rings is 9. The number of thiophene rings is 1. The lowest BCUT2D eigenvalue weighted by atomic mass is 9.91. The molecule has 2 heterocycles. The van der Waals surface area contributed by atoms with Crippen molar-refractivity contribution in [2.24, 2.45) is 0 Å². The van der Waals surface area contributed by atoms with Crippen LogP contribution in [0.15, 0.2) is 218 Å². The number of fused-ring (bicyclic) bond motifs is 4. The molecular formula is C56H36N2S. The van der Waals surface area contributed by atoms with Crippen molar-refractivity contribution in [2.45, 2.75) is 0 Å². The Labute approximate surface area is 347 Å². The fraction of sp³-hybridized carbons (Fsp3) is 0. The number of hydrogen-bond acceptors (Lipinski definition) is 3. The molecule has 0 unspecified atom stereocenters. The quantitative estimate of drug-likeness (QED) is 0.161. The summed E-state index contributed by atoms with van der Waals surface area (Å²) < 4.78 is 2.58. The van der Waals surface area contributed by atoms with Crippen LogP contribution < -0.4 is 0 Å². The summed E-state index contributed by atoms with van der Waals surface area (Å²) in [6, 6.07) is 78.2. The lowest BCUT2D eigenvalue weighted by molar-refractivity contribution is 1.18. The Balaban J connectivity index is 1.12. The van der Waals surface area contributed by atoms with E-state index in [1.54, 1.807) is 0 Å². The number of aromatic nitrogens is 2. The molecule has 11 aromatic rings. The van der Waals surface area contributed by atoms with Crippen molar-refractivity contribution < 1.29 is 0 Å². The van der Waals surface area contributed by atoms with Crippen LogP contribution >= 0.6 is 11.3 Å². The summed E-state index contributed by atoms with van der Waals surface area (Å²) in [7, 11) is 0. The highest BCUT2D eigenvalue weighted by molar-refractivity contribution is 7.26. The first kappa shape index (κ1) is 34.8. The summed E-state index contributed by atoms with van der Waals surface area (Å²) in [5.41, 5.74) is 14.2. The maximum atomic E-state index is 5.35. The lowest BCUT2D eigenvalue weighted by Crippen LogP contribution is -1.97. The molecule has 0 atom stereocenters. The van der Waals surface area contributed by atoms with Gasteiger partial charge in [0.2, 0.25) is 0 Å². The van der Waals surface area contributed by atoms with Gasteiger partial charge in [0.15, 0.2) is 5.82 Å². The first-order chi connectivity index (χ1) is 29.2. The van der Waals surface area contributed by atoms with Gasteiger partial charge in [-0.15, -0.1) is 11.3 Å². The number of rotatable bonds is 7. The maximum Gasteiger partial charge on any atom is 0.160 e. The summed E-state index contributed by atoms with van der Waals surface area (Å²) in [6.07, 6.45) is 0. The Morgan fingerprint density at radius 2 is 0.763 bits per heavy atom. The van der Waals surface area contributed by atoms with Gasteiger partial charge in [-0.05, 0) is 97.7 Å². The predicted molar refractivity (Wildman–Crippen MR) is 250 cm³/mol. The van der Waals surface area contributed by atoms with Crippen molar-refractivity contribution in [1.29, 1.82) is 0 Å². The van der Waals surface area contributed by atoms with E-state index in [2.05, 4.69) is 212 Å². The van der Waals surface area contributed by atoms with Gasteiger partial charge in [-0.25, -0.2) is 9.97 Å². The van der Waals surface area contributed by atoms with Gasteiger partial charge >= 0.3 is 0 Å². The van der Waals surface area contributed by atoms with Gasteiger partial charge in [0.25, 0.3) is 0 Å². The minimum Gasteiger partial charge on any atom is -0.228 e. The van der Waals surface area contributed by atoms with Crippen molar-refractivity contribution in [3.63, 3.8) is 0 Å². The zero-order valence-corrected chi connectivity index (χ0v) is 32.9. The van der Waals surface area contributed by atoms with Crippen molar-refractivity contribution in [3.05, 3.63) is 218 Å². The zero-order valence-electron chi connectivity index (χ0n) is 32.1. The standard InChI is InChI=1S/C56H36N2S/c1-3-15-37(16-4-1)40-21-11-22-41(31-40)42-23-12-24-43(32-42)52-36-53(58-56(57-52)39-18-5-2-6-19-39)46-34-44(48-27-13-20-38-17-7-8-25-47(38)48)33-45(35-46)49-28-14-29-51-50-26-9-10-30-54(50)59-55(49)51/h1-36H. The molecule has 0 fully saturated rings. The Kier molecular flexibility index (Phi) is 8.72. The monoisotopic (exact) mass is 768 g/mol. The summed E-state index contributed by atoms with van der Waals surface area (Å²) >= 11 is 1.86. The molecule has 0 aliphatic rings. The van der Waals surface area contributed by atoms with Crippen LogP contribution in [0.2, 0.25) is 0 Å². The third-order valence-electron chi connectivity index (χ3n) is 11.3. The van der Waals surface area contributed by atoms with E-state index >= 15 is 0 Å². The van der Waals surface area contributed by atoms with Gasteiger partial charge in [0, 0.05) is 36.9 Å². The molecule has 0 amide bonds. The minimum absolute atomic E-state index is 0.693. The molecule has 0 aliphatic carbocycles. The summed E-state index contributed by atoms with van der Waals surface area (Å²) in [5.74, 6) is 0.693. The summed E-state index contributed by atoms with van der Waals surface area (Å²) in [5, 5.41) is 5.01. The molecule has 11 rings (SSSR count). The molecule has 0 spiro atoms. The second-order valence-corrected chi connectivity index (χ2v) is 16.0. The fourth-order valence-corrected chi connectivity index (χ4v) is 9.60. The van der Waals surface area contributed by atoms with Gasteiger partial charge in [0.05, 0.1) is 11.4 Å². The third-order valence-corrected chi connectivity index (χ3v) is 12.5. The average Bonchev–Trinajstić information content (AvgIpc) is 3.71. The molecule has 9 aromatic carbocycles. The van der Waals surface area contributed by atoms with Crippen molar-refractivity contribution in [2.75, 3.05) is 0 Å². The Morgan fingerprint density at radius 1 is 0.288 bits per heavy atom. The van der Waals surface area contributed by atoms with E-state index in [0.29, 0.717) is 5.82 Å². The molecule has 0 aliphatic heterocycles. The van der Waals surface area contributed by atoms with Crippen LogP contribution in [0.4, 0.5) is 0 Å². The Morgan fingerprint density at radius 3 is 1.54 bits per heavy atom. The van der Waals surface area contributed by atoms with Crippen LogP contribution in [0.3, 0.4) is 0 Å². The van der Waals surface area contributed by atoms with E-state index < -0.39 is 0 Å². The highest BCUT2D eigenvalue weighted by atomic mass is 32.1. The van der Waals surface area contributed by atoms with Crippen LogP contribution in [-0.2, 0) is 0 Å². The number of hydrogen-bond donors (Lipinski definition) is 0. The maximum absolute atomic E-state index is 5.35. The molecule has 3 heteroatoms. The summed E-state index contributed by atoms with van der Waals surface area (Å²) in [6.45, 7) is 0. The van der Waals surface area contributed by atoms with Gasteiger partial charge in [-0.3, -0.25) is 0 Å². The molecule has 0 saturated carbocycles. The van der Waals surface area contributed by atoms with E-state index in [0.717, 1.165) is 50.3 Å². The molecule has 276 valence electrons.